The first-order chi connectivity index (χ1) is 7.75. The van der Waals surface area contributed by atoms with Crippen molar-refractivity contribution in [2.75, 3.05) is 13.2 Å². The van der Waals surface area contributed by atoms with Gasteiger partial charge in [-0.3, -0.25) is 0 Å². The number of cyclic esters (lactones) is 1. The Kier molecular flexibility index (Phi) is 3.10. The molecule has 1 aromatic carbocycles. The molecule has 1 N–H and O–H groups in total. The fraction of sp³-hybridized carbons (Fsp3) is 0.250. The van der Waals surface area contributed by atoms with Crippen molar-refractivity contribution in [1.29, 1.82) is 0 Å². The molecule has 84 valence electrons. The molecule has 0 aliphatic carbocycles. The van der Waals surface area contributed by atoms with Crippen LogP contribution in [0.15, 0.2) is 36.9 Å². The first kappa shape index (κ1) is 10.5. The maximum Gasteiger partial charge on any atom is 0.407 e. The van der Waals surface area contributed by atoms with Crippen molar-refractivity contribution in [3.63, 3.8) is 0 Å². The van der Waals surface area contributed by atoms with Crippen LogP contribution < -0.4 is 5.32 Å². The average Bonchev–Trinajstić information content (AvgIpc) is 2.73. The molecule has 2 rings (SSSR count). The summed E-state index contributed by atoms with van der Waals surface area (Å²) in [5.41, 5.74) is 0.938. The molecule has 16 heavy (non-hydrogen) atoms. The van der Waals surface area contributed by atoms with Crippen LogP contribution in [0.5, 0.6) is 0 Å². The molecule has 1 heterocycles. The molecule has 0 bridgehead atoms. The smallest absolute Gasteiger partial charge is 0.407 e. The number of nitrogens with one attached hydrogen (secondary N) is 1. The van der Waals surface area contributed by atoms with Crippen molar-refractivity contribution < 1.29 is 14.3 Å². The first-order valence-corrected chi connectivity index (χ1v) is 5.06. The van der Waals surface area contributed by atoms with E-state index in [2.05, 4.69) is 11.9 Å². The molecular formula is C12H13NO3. The zero-order valence-electron chi connectivity index (χ0n) is 8.81. The Morgan fingerprint density at radius 1 is 1.50 bits per heavy atom. The third kappa shape index (κ3) is 2.53. The second kappa shape index (κ2) is 4.70. The van der Waals surface area contributed by atoms with Crippen molar-refractivity contribution in [2.24, 2.45) is 0 Å². The minimum absolute atomic E-state index is 0.0898. The van der Waals surface area contributed by atoms with Gasteiger partial charge in [-0.2, -0.15) is 0 Å². The zero-order chi connectivity index (χ0) is 11.4. The van der Waals surface area contributed by atoms with Gasteiger partial charge in [-0.1, -0.05) is 36.9 Å². The van der Waals surface area contributed by atoms with Crippen LogP contribution in [0.4, 0.5) is 4.79 Å². The standard InChI is InChI=1S/C12H13NO3/c1-9(10-5-3-2-4-6-10)15-7-11-8-16-12(14)13-11/h2-6,11H,1,7-8H2,(H,13,14)/t11-/m1/s1. The number of ether oxygens (including phenoxy) is 2. The molecule has 0 aromatic heterocycles. The minimum atomic E-state index is -0.390. The Balaban J connectivity index is 1.82. The van der Waals surface area contributed by atoms with E-state index < -0.39 is 0 Å². The van der Waals surface area contributed by atoms with Gasteiger partial charge in [0.2, 0.25) is 0 Å². The summed E-state index contributed by atoms with van der Waals surface area (Å²) in [6.45, 7) is 4.55. The third-order valence-electron chi connectivity index (χ3n) is 2.29. The van der Waals surface area contributed by atoms with Crippen molar-refractivity contribution in [3.8, 4) is 0 Å². The number of rotatable bonds is 4. The van der Waals surface area contributed by atoms with Gasteiger partial charge >= 0.3 is 6.09 Å². The van der Waals surface area contributed by atoms with Gasteiger partial charge in [-0.15, -0.1) is 0 Å². The monoisotopic (exact) mass is 219 g/mol. The van der Waals surface area contributed by atoms with Crippen molar-refractivity contribution in [2.45, 2.75) is 6.04 Å². The molecule has 0 radical (unpaired) electrons. The third-order valence-corrected chi connectivity index (χ3v) is 2.29. The maximum atomic E-state index is 10.8. The molecule has 1 aliphatic rings. The van der Waals surface area contributed by atoms with E-state index in [1.165, 1.54) is 0 Å². The predicted octanol–water partition coefficient (Wildman–Crippen LogP) is 1.78. The van der Waals surface area contributed by atoms with Crippen LogP contribution in [0.2, 0.25) is 0 Å². The number of carbonyl (C=O) groups excluding carboxylic acids is 1. The lowest BCUT2D eigenvalue weighted by Crippen LogP contribution is -2.30. The van der Waals surface area contributed by atoms with Crippen molar-refractivity contribution in [1.82, 2.24) is 5.32 Å². The quantitative estimate of drug-likeness (QED) is 0.785. The fourth-order valence-corrected chi connectivity index (χ4v) is 1.42. The highest BCUT2D eigenvalue weighted by Gasteiger charge is 2.22. The van der Waals surface area contributed by atoms with Gasteiger partial charge in [-0.25, -0.2) is 4.79 Å². The van der Waals surface area contributed by atoms with Gasteiger partial charge < -0.3 is 14.8 Å². The summed E-state index contributed by atoms with van der Waals surface area (Å²) in [6.07, 6.45) is -0.390. The number of alkyl carbamates (subject to hydrolysis) is 1. The van der Waals surface area contributed by atoms with E-state index in [4.69, 9.17) is 9.47 Å². The van der Waals surface area contributed by atoms with Gasteiger partial charge in [0.25, 0.3) is 0 Å². The largest absolute Gasteiger partial charge is 0.491 e. The van der Waals surface area contributed by atoms with Crippen LogP contribution in [0.3, 0.4) is 0 Å². The number of carbonyl (C=O) groups is 1. The average molecular weight is 219 g/mol. The van der Waals surface area contributed by atoms with Crippen LogP contribution in [0, 0.1) is 0 Å². The Morgan fingerprint density at radius 3 is 2.88 bits per heavy atom. The van der Waals surface area contributed by atoms with Gasteiger partial charge in [-0.05, 0) is 0 Å². The summed E-state index contributed by atoms with van der Waals surface area (Å²) in [6, 6.07) is 9.53. The lowest BCUT2D eigenvalue weighted by Gasteiger charge is -2.12. The number of amides is 1. The molecule has 1 fully saturated rings. The Bertz CT molecular complexity index is 389. The Morgan fingerprint density at radius 2 is 2.25 bits per heavy atom. The van der Waals surface area contributed by atoms with Crippen LogP contribution in [0.1, 0.15) is 5.56 Å². The van der Waals surface area contributed by atoms with Crippen LogP contribution in [-0.4, -0.2) is 25.3 Å². The first-order valence-electron chi connectivity index (χ1n) is 5.06. The van der Waals surface area contributed by atoms with Crippen molar-refractivity contribution in [3.05, 3.63) is 42.5 Å². The van der Waals surface area contributed by atoms with E-state index in [1.807, 2.05) is 30.3 Å². The van der Waals surface area contributed by atoms with E-state index in [9.17, 15) is 4.79 Å². The minimum Gasteiger partial charge on any atom is -0.491 e. The van der Waals surface area contributed by atoms with Gasteiger partial charge in [0.1, 0.15) is 25.0 Å². The SMILES string of the molecule is C=C(OC[C@@H]1COC(=O)N1)c1ccccc1. The fourth-order valence-electron chi connectivity index (χ4n) is 1.42. The van der Waals surface area contributed by atoms with Gasteiger partial charge in [0.05, 0.1) is 0 Å². The molecule has 1 saturated heterocycles. The number of benzene rings is 1. The lowest BCUT2D eigenvalue weighted by atomic mass is 10.2. The summed E-state index contributed by atoms with van der Waals surface area (Å²) in [5, 5.41) is 2.63. The highest BCUT2D eigenvalue weighted by molar-refractivity contribution is 5.69. The summed E-state index contributed by atoms with van der Waals surface area (Å²) >= 11 is 0. The molecule has 0 saturated carbocycles. The molecule has 0 unspecified atom stereocenters. The lowest BCUT2D eigenvalue weighted by molar-refractivity contribution is 0.172. The second-order valence-electron chi connectivity index (χ2n) is 3.54. The summed E-state index contributed by atoms with van der Waals surface area (Å²) < 4.78 is 10.2. The van der Waals surface area contributed by atoms with Gasteiger partial charge in [0.15, 0.2) is 0 Å². The second-order valence-corrected chi connectivity index (χ2v) is 3.54. The highest BCUT2D eigenvalue weighted by Crippen LogP contribution is 2.13. The zero-order valence-corrected chi connectivity index (χ0v) is 8.81. The Hall–Kier alpha value is -1.97. The van der Waals surface area contributed by atoms with E-state index >= 15 is 0 Å². The molecule has 1 aromatic rings. The number of hydrogen-bond acceptors (Lipinski definition) is 3. The van der Waals surface area contributed by atoms with Crippen LogP contribution in [-0.2, 0) is 9.47 Å². The number of hydrogen-bond donors (Lipinski definition) is 1. The molecule has 0 spiro atoms. The summed E-state index contributed by atoms with van der Waals surface area (Å²) in [7, 11) is 0. The van der Waals surface area contributed by atoms with E-state index in [-0.39, 0.29) is 12.1 Å². The summed E-state index contributed by atoms with van der Waals surface area (Å²) in [5.74, 6) is 0.599. The van der Waals surface area contributed by atoms with Crippen molar-refractivity contribution >= 4 is 11.9 Å². The highest BCUT2D eigenvalue weighted by atomic mass is 16.6. The normalized spacial score (nSPS) is 18.8. The molecular weight excluding hydrogens is 206 g/mol. The van der Waals surface area contributed by atoms with Crippen LogP contribution >= 0.6 is 0 Å². The molecule has 4 nitrogen and oxygen atoms in total. The topological polar surface area (TPSA) is 47.6 Å². The predicted molar refractivity (Wildman–Crippen MR) is 59.7 cm³/mol. The molecule has 1 amide bonds. The molecule has 1 aliphatic heterocycles. The summed E-state index contributed by atoms with van der Waals surface area (Å²) in [4.78, 5) is 10.8. The Labute approximate surface area is 93.9 Å². The van der Waals surface area contributed by atoms with E-state index in [0.717, 1.165) is 5.56 Å². The van der Waals surface area contributed by atoms with Gasteiger partial charge in [0, 0.05) is 5.56 Å². The molecule has 1 atom stereocenters. The van der Waals surface area contributed by atoms with Crippen LogP contribution in [0.25, 0.3) is 5.76 Å². The van der Waals surface area contributed by atoms with E-state index in [0.29, 0.717) is 19.0 Å². The van der Waals surface area contributed by atoms with E-state index in [1.54, 1.807) is 0 Å². The molecule has 4 heteroatoms. The maximum absolute atomic E-state index is 10.8.